The highest BCUT2D eigenvalue weighted by Crippen LogP contribution is 2.38. The van der Waals surface area contributed by atoms with Crippen molar-refractivity contribution in [3.63, 3.8) is 0 Å². The number of benzene rings is 2. The summed E-state index contributed by atoms with van der Waals surface area (Å²) in [6.45, 7) is 6.85. The zero-order valence-electron chi connectivity index (χ0n) is 23.5. The van der Waals surface area contributed by atoms with E-state index < -0.39 is 26.8 Å². The Morgan fingerprint density at radius 3 is 2.35 bits per heavy atom. The smallest absolute Gasteiger partial charge is 0.280 e. The van der Waals surface area contributed by atoms with Gasteiger partial charge in [-0.05, 0) is 15.4 Å². The molecule has 0 aliphatic carbocycles. The first-order valence-corrected chi connectivity index (χ1v) is 15.3. The Balaban J connectivity index is 1.44. The fourth-order valence-corrected chi connectivity index (χ4v) is 9.93. The van der Waals surface area contributed by atoms with Gasteiger partial charge in [-0.1, -0.05) is 81.4 Å². The predicted molar refractivity (Wildman–Crippen MR) is 158 cm³/mol. The molecule has 0 bridgehead atoms. The molecule has 0 saturated carbocycles. The average Bonchev–Trinajstić information content (AvgIpc) is 3.52. The Hall–Kier alpha value is -3.64. The summed E-state index contributed by atoms with van der Waals surface area (Å²) in [4.78, 5) is 30.0. The normalized spacial score (nSPS) is 20.0. The van der Waals surface area contributed by atoms with E-state index in [1.165, 1.54) is 6.33 Å². The lowest BCUT2D eigenvalue weighted by atomic mass is 10.2. The SMILES string of the molecule is CN(C)C=Nc1nc2c(ncn2[C@H]2C[C@H](O)[C@@H](CO[Si](c3ccccc3)(c3ccccc3)C(C)(C)C)O2)c(=O)[nH]1. The molecule has 1 aliphatic rings. The fraction of sp³-hybridized carbons (Fsp3) is 0.379. The molecule has 5 rings (SSSR count). The van der Waals surface area contributed by atoms with Crippen LogP contribution in [0.25, 0.3) is 11.2 Å². The molecule has 10 nitrogen and oxygen atoms in total. The zero-order chi connectivity index (χ0) is 28.5. The maximum atomic E-state index is 12.6. The van der Waals surface area contributed by atoms with Gasteiger partial charge in [0.25, 0.3) is 13.9 Å². The Kier molecular flexibility index (Phi) is 7.73. The van der Waals surface area contributed by atoms with Gasteiger partial charge < -0.3 is 19.2 Å². The molecule has 0 spiro atoms. The van der Waals surface area contributed by atoms with Gasteiger partial charge in [0.1, 0.15) is 12.3 Å². The number of aliphatic hydroxyl groups is 1. The van der Waals surface area contributed by atoms with Gasteiger partial charge in [0.2, 0.25) is 5.95 Å². The van der Waals surface area contributed by atoms with E-state index in [1.807, 2.05) is 50.5 Å². The second-order valence-electron chi connectivity index (χ2n) is 11.3. The molecule has 210 valence electrons. The Morgan fingerprint density at radius 1 is 1.15 bits per heavy atom. The molecule has 0 amide bonds. The third kappa shape index (κ3) is 5.25. The third-order valence-electron chi connectivity index (χ3n) is 7.23. The number of aliphatic hydroxyl groups excluding tert-OH is 1. The second-order valence-corrected chi connectivity index (χ2v) is 15.6. The van der Waals surface area contributed by atoms with Crippen LogP contribution in [0.2, 0.25) is 5.04 Å². The number of ether oxygens (including phenoxy) is 1. The van der Waals surface area contributed by atoms with Gasteiger partial charge in [-0.25, -0.2) is 9.98 Å². The van der Waals surface area contributed by atoms with Crippen molar-refractivity contribution in [3.8, 4) is 0 Å². The standard InChI is InChI=1S/C29H36N6O4Si/c1-29(2,3)40(20-12-8-6-9-13-20,21-14-10-7-11-15-21)38-17-23-22(36)16-24(39-23)35-19-30-25-26(35)32-28(33-27(25)37)31-18-34(4)5/h6-15,18-19,22-24,36H,16-17H2,1-5H3,(H,32,33,37)/t22-,23+,24+/m0/s1. The minimum Gasteiger partial charge on any atom is -0.405 e. The van der Waals surface area contributed by atoms with Gasteiger partial charge in [-0.3, -0.25) is 14.3 Å². The van der Waals surface area contributed by atoms with Crippen molar-refractivity contribution in [1.29, 1.82) is 0 Å². The van der Waals surface area contributed by atoms with Gasteiger partial charge >= 0.3 is 0 Å². The summed E-state index contributed by atoms with van der Waals surface area (Å²) in [6.07, 6.45) is 1.48. The average molecular weight is 561 g/mol. The van der Waals surface area contributed by atoms with Crippen LogP contribution >= 0.6 is 0 Å². The summed E-state index contributed by atoms with van der Waals surface area (Å²) >= 11 is 0. The van der Waals surface area contributed by atoms with Crippen LogP contribution in [-0.2, 0) is 9.16 Å². The van der Waals surface area contributed by atoms with Gasteiger partial charge in [-0.15, -0.1) is 0 Å². The van der Waals surface area contributed by atoms with Crippen molar-refractivity contribution in [2.45, 2.75) is 50.7 Å². The molecule has 0 radical (unpaired) electrons. The number of aromatic amines is 1. The second kappa shape index (κ2) is 11.1. The molecule has 2 N–H and O–H groups in total. The molecule has 1 saturated heterocycles. The molecular weight excluding hydrogens is 524 g/mol. The molecule has 1 fully saturated rings. The minimum absolute atomic E-state index is 0.165. The minimum atomic E-state index is -2.80. The third-order valence-corrected chi connectivity index (χ3v) is 12.2. The number of nitrogens with one attached hydrogen (secondary N) is 1. The Morgan fingerprint density at radius 2 is 1.77 bits per heavy atom. The van der Waals surface area contributed by atoms with E-state index in [0.717, 1.165) is 10.4 Å². The zero-order valence-corrected chi connectivity index (χ0v) is 24.5. The van der Waals surface area contributed by atoms with Crippen LogP contribution in [0.3, 0.4) is 0 Å². The van der Waals surface area contributed by atoms with Crippen molar-refractivity contribution >= 4 is 42.1 Å². The van der Waals surface area contributed by atoms with E-state index in [-0.39, 0.29) is 28.7 Å². The lowest BCUT2D eigenvalue weighted by Gasteiger charge is -2.43. The maximum absolute atomic E-state index is 12.6. The molecule has 3 heterocycles. The number of hydrogen-bond donors (Lipinski definition) is 2. The summed E-state index contributed by atoms with van der Waals surface area (Å²) < 4.78 is 15.0. The maximum Gasteiger partial charge on any atom is 0.280 e. The summed E-state index contributed by atoms with van der Waals surface area (Å²) in [5.74, 6) is 0.165. The first-order chi connectivity index (χ1) is 19.1. The quantitative estimate of drug-likeness (QED) is 0.193. The van der Waals surface area contributed by atoms with Gasteiger partial charge in [0, 0.05) is 20.5 Å². The van der Waals surface area contributed by atoms with Gasteiger partial charge in [0.05, 0.1) is 25.4 Å². The van der Waals surface area contributed by atoms with Crippen LogP contribution < -0.4 is 15.9 Å². The molecule has 40 heavy (non-hydrogen) atoms. The molecule has 11 heteroatoms. The molecule has 0 unspecified atom stereocenters. The highest BCUT2D eigenvalue weighted by Gasteiger charge is 2.51. The summed E-state index contributed by atoms with van der Waals surface area (Å²) in [6, 6.07) is 20.7. The van der Waals surface area contributed by atoms with Crippen LogP contribution in [0.5, 0.6) is 0 Å². The van der Waals surface area contributed by atoms with Crippen LogP contribution in [0, 0.1) is 0 Å². The first-order valence-electron chi connectivity index (χ1n) is 13.4. The van der Waals surface area contributed by atoms with Crippen LogP contribution in [0.15, 0.2) is 76.8 Å². The van der Waals surface area contributed by atoms with Crippen LogP contribution in [0.1, 0.15) is 33.4 Å². The monoisotopic (exact) mass is 560 g/mol. The van der Waals surface area contributed by atoms with Crippen molar-refractivity contribution in [1.82, 2.24) is 24.4 Å². The molecule has 3 atom stereocenters. The summed E-state index contributed by atoms with van der Waals surface area (Å²) in [7, 11) is 0.853. The largest absolute Gasteiger partial charge is 0.405 e. The van der Waals surface area contributed by atoms with Gasteiger partial charge in [0.15, 0.2) is 11.2 Å². The summed E-state index contributed by atoms with van der Waals surface area (Å²) in [5.41, 5.74) is 0.147. The Labute approximate surface area is 234 Å². The molecule has 1 aliphatic heterocycles. The first kappa shape index (κ1) is 27.9. The number of nitrogens with zero attached hydrogens (tertiary/aromatic N) is 5. The number of rotatable bonds is 8. The highest BCUT2D eigenvalue weighted by atomic mass is 28.4. The van der Waals surface area contributed by atoms with Crippen LogP contribution in [0.4, 0.5) is 5.95 Å². The molecule has 2 aromatic heterocycles. The van der Waals surface area contributed by atoms with E-state index in [0.29, 0.717) is 12.1 Å². The lowest BCUT2D eigenvalue weighted by Crippen LogP contribution is -2.67. The Bertz CT molecular complexity index is 1490. The van der Waals surface area contributed by atoms with Crippen molar-refractivity contribution in [2.24, 2.45) is 4.99 Å². The highest BCUT2D eigenvalue weighted by molar-refractivity contribution is 6.99. The van der Waals surface area contributed by atoms with Gasteiger partial charge in [-0.2, -0.15) is 4.98 Å². The fourth-order valence-electron chi connectivity index (χ4n) is 5.36. The number of fused-ring (bicyclic) bond motifs is 1. The number of hydrogen-bond acceptors (Lipinski definition) is 7. The molecular formula is C29H36N6O4Si. The van der Waals surface area contributed by atoms with Crippen molar-refractivity contribution in [2.75, 3.05) is 20.7 Å². The van der Waals surface area contributed by atoms with Crippen molar-refractivity contribution < 1.29 is 14.3 Å². The van der Waals surface area contributed by atoms with Crippen molar-refractivity contribution in [3.05, 3.63) is 77.3 Å². The number of aromatic nitrogens is 4. The van der Waals surface area contributed by atoms with E-state index in [2.05, 4.69) is 65.0 Å². The van der Waals surface area contributed by atoms with E-state index >= 15 is 0 Å². The predicted octanol–water partition coefficient (Wildman–Crippen LogP) is 2.57. The van der Waals surface area contributed by atoms with Crippen LogP contribution in [-0.4, -0.2) is 77.1 Å². The van der Waals surface area contributed by atoms with E-state index in [4.69, 9.17) is 9.16 Å². The van der Waals surface area contributed by atoms with E-state index in [9.17, 15) is 9.90 Å². The summed E-state index contributed by atoms with van der Waals surface area (Å²) in [5, 5.41) is 13.2. The number of H-pyrrole nitrogens is 1. The molecule has 2 aromatic carbocycles. The topological polar surface area (TPSA) is 118 Å². The molecule has 4 aromatic rings. The lowest BCUT2D eigenvalue weighted by molar-refractivity contribution is -0.0398. The number of imidazole rings is 1. The van der Waals surface area contributed by atoms with E-state index in [1.54, 1.807) is 15.8 Å². The number of aliphatic imine (C=N–C) groups is 1.